The molecule has 2 aromatic heterocycles. The molecule has 4 heteroatoms. The van der Waals surface area contributed by atoms with Gasteiger partial charge in [-0.25, -0.2) is 9.98 Å². The molecule has 270 valence electrons. The van der Waals surface area contributed by atoms with Gasteiger partial charge in [-0.2, -0.15) is 0 Å². The van der Waals surface area contributed by atoms with Crippen molar-refractivity contribution in [3.63, 3.8) is 0 Å². The highest BCUT2D eigenvalue weighted by Crippen LogP contribution is 2.41. The Hall–Kier alpha value is -7.56. The van der Waals surface area contributed by atoms with Gasteiger partial charge < -0.3 is 8.83 Å². The van der Waals surface area contributed by atoms with Crippen molar-refractivity contribution in [3.05, 3.63) is 211 Å². The number of hydrogen-bond acceptors (Lipinski definition) is 3. The predicted octanol–water partition coefficient (Wildman–Crippen LogP) is 14.4. The summed E-state index contributed by atoms with van der Waals surface area (Å²) >= 11 is 0. The summed E-state index contributed by atoms with van der Waals surface area (Å²) in [7, 11) is 0. The summed E-state index contributed by atoms with van der Waals surface area (Å²) in [4.78, 5) is 10.5. The van der Waals surface area contributed by atoms with Crippen LogP contribution in [0.2, 0.25) is 0 Å². The number of nitrogens with zero attached hydrogens (tertiary/aromatic N) is 2. The van der Waals surface area contributed by atoms with E-state index in [2.05, 4.69) is 134 Å². The van der Waals surface area contributed by atoms with E-state index in [0.29, 0.717) is 11.5 Å². The number of furan rings is 2. The second-order valence-electron chi connectivity index (χ2n) is 14.3. The fourth-order valence-electron chi connectivity index (χ4n) is 7.77. The summed E-state index contributed by atoms with van der Waals surface area (Å²) in [6, 6.07) is 64.5. The van der Waals surface area contributed by atoms with Crippen LogP contribution in [-0.4, -0.2) is 11.5 Å². The predicted molar refractivity (Wildman–Crippen MR) is 238 cm³/mol. The van der Waals surface area contributed by atoms with Crippen LogP contribution >= 0.6 is 0 Å². The van der Waals surface area contributed by atoms with Crippen LogP contribution in [0.4, 0.5) is 0 Å². The second kappa shape index (κ2) is 14.3. The van der Waals surface area contributed by atoms with Crippen molar-refractivity contribution in [2.24, 2.45) is 9.98 Å². The molecule has 0 aliphatic rings. The van der Waals surface area contributed by atoms with E-state index < -0.39 is 0 Å². The maximum absolute atomic E-state index is 6.56. The minimum absolute atomic E-state index is 0.574. The highest BCUT2D eigenvalue weighted by Gasteiger charge is 2.18. The third kappa shape index (κ3) is 6.33. The number of rotatable bonds is 7. The van der Waals surface area contributed by atoms with Gasteiger partial charge in [-0.1, -0.05) is 158 Å². The van der Waals surface area contributed by atoms with Crippen molar-refractivity contribution in [1.82, 2.24) is 0 Å². The summed E-state index contributed by atoms with van der Waals surface area (Å²) < 4.78 is 13.1. The molecule has 0 spiro atoms. The molecule has 57 heavy (non-hydrogen) atoms. The molecule has 0 bridgehead atoms. The van der Waals surface area contributed by atoms with E-state index in [1.807, 2.05) is 67.6 Å². The van der Waals surface area contributed by atoms with Crippen molar-refractivity contribution in [3.8, 4) is 33.4 Å². The zero-order valence-corrected chi connectivity index (χ0v) is 31.3. The van der Waals surface area contributed by atoms with E-state index in [1.54, 1.807) is 0 Å². The molecule has 0 amide bonds. The Morgan fingerprint density at radius 1 is 0.404 bits per heavy atom. The highest BCUT2D eigenvalue weighted by atomic mass is 16.3. The lowest BCUT2D eigenvalue weighted by Crippen LogP contribution is -2.04. The van der Waals surface area contributed by atoms with Crippen LogP contribution in [0.5, 0.6) is 0 Å². The SMILES string of the molecule is C=C(N=C(N=C(C)c1ccccc1)c1cccc(-c2ccccc2)c1)c1cc(-c2cccc3c2oc2ccccc23)cc(-c2cccc3c2oc2ccccc23)c1. The van der Waals surface area contributed by atoms with Crippen LogP contribution in [0.15, 0.2) is 213 Å². The monoisotopic (exact) mass is 732 g/mol. The average molecular weight is 733 g/mol. The lowest BCUT2D eigenvalue weighted by molar-refractivity contribution is 0.670. The zero-order valence-electron chi connectivity index (χ0n) is 31.3. The Kier molecular flexibility index (Phi) is 8.50. The number of aliphatic imine (C=N–C) groups is 2. The number of benzene rings is 8. The standard InChI is InChI=1S/C53H36N2O2/c1-34(36-16-5-3-6-17-36)54-53(39-21-13-20-38(30-39)37-18-7-4-8-19-37)55-35(2)40-31-41(43-24-14-26-47-45-22-9-11-28-49(45)56-51(43)47)33-42(32-40)44-25-15-27-48-46-23-10-12-29-50(46)57-52(44)48/h3-33H,2H2,1H3. The Balaban J connectivity index is 1.18. The van der Waals surface area contributed by atoms with E-state index >= 15 is 0 Å². The van der Waals surface area contributed by atoms with Crippen molar-refractivity contribution < 1.29 is 8.83 Å². The molecule has 0 N–H and O–H groups in total. The minimum Gasteiger partial charge on any atom is -0.455 e. The molecular formula is C53H36N2O2. The van der Waals surface area contributed by atoms with Gasteiger partial charge in [-0.15, -0.1) is 0 Å². The number of fused-ring (bicyclic) bond motifs is 6. The van der Waals surface area contributed by atoms with E-state index in [0.717, 1.165) is 99.7 Å². The van der Waals surface area contributed by atoms with Gasteiger partial charge in [0, 0.05) is 49.5 Å². The Morgan fingerprint density at radius 3 is 1.49 bits per heavy atom. The maximum atomic E-state index is 6.56. The van der Waals surface area contributed by atoms with Gasteiger partial charge in [-0.05, 0) is 71.1 Å². The van der Waals surface area contributed by atoms with Crippen LogP contribution in [-0.2, 0) is 0 Å². The van der Waals surface area contributed by atoms with E-state index in [-0.39, 0.29) is 0 Å². The normalized spacial score (nSPS) is 12.2. The lowest BCUT2D eigenvalue weighted by Gasteiger charge is -2.13. The van der Waals surface area contributed by atoms with Crippen LogP contribution < -0.4 is 0 Å². The molecule has 0 aliphatic heterocycles. The van der Waals surface area contributed by atoms with Crippen LogP contribution in [0.1, 0.15) is 23.6 Å². The smallest absolute Gasteiger partial charge is 0.160 e. The summed E-state index contributed by atoms with van der Waals surface area (Å²) in [5.41, 5.74) is 13.7. The molecule has 10 rings (SSSR count). The molecule has 0 atom stereocenters. The molecule has 10 aromatic rings. The number of hydrogen-bond donors (Lipinski definition) is 0. The van der Waals surface area contributed by atoms with Crippen LogP contribution in [0.25, 0.3) is 83.0 Å². The molecule has 0 saturated heterocycles. The van der Waals surface area contributed by atoms with E-state index in [9.17, 15) is 0 Å². The molecule has 0 aliphatic carbocycles. The third-order valence-corrected chi connectivity index (χ3v) is 10.6. The van der Waals surface area contributed by atoms with Crippen LogP contribution in [0, 0.1) is 0 Å². The first-order valence-electron chi connectivity index (χ1n) is 19.1. The molecule has 0 unspecified atom stereocenters. The Labute approximate surface area is 330 Å². The Bertz CT molecular complexity index is 3070. The lowest BCUT2D eigenvalue weighted by atomic mass is 9.93. The van der Waals surface area contributed by atoms with Gasteiger partial charge in [0.2, 0.25) is 0 Å². The second-order valence-corrected chi connectivity index (χ2v) is 14.3. The van der Waals surface area contributed by atoms with Crippen molar-refractivity contribution in [2.45, 2.75) is 6.92 Å². The van der Waals surface area contributed by atoms with Gasteiger partial charge in [0.05, 0.1) is 5.70 Å². The van der Waals surface area contributed by atoms with Crippen molar-refractivity contribution >= 4 is 61.1 Å². The van der Waals surface area contributed by atoms with Gasteiger partial charge in [0.15, 0.2) is 5.84 Å². The molecule has 0 radical (unpaired) electrons. The van der Waals surface area contributed by atoms with Crippen LogP contribution in [0.3, 0.4) is 0 Å². The van der Waals surface area contributed by atoms with Crippen molar-refractivity contribution in [2.75, 3.05) is 0 Å². The first-order chi connectivity index (χ1) is 28.1. The fraction of sp³-hybridized carbons (Fsp3) is 0.0189. The quantitative estimate of drug-likeness (QED) is 0.121. The zero-order chi connectivity index (χ0) is 38.3. The molecule has 0 saturated carbocycles. The summed E-state index contributed by atoms with van der Waals surface area (Å²) in [6.45, 7) is 6.63. The van der Waals surface area contributed by atoms with Gasteiger partial charge in [-0.3, -0.25) is 0 Å². The van der Waals surface area contributed by atoms with E-state index in [1.165, 1.54) is 0 Å². The molecule has 2 heterocycles. The first kappa shape index (κ1) is 34.0. The molecule has 8 aromatic carbocycles. The van der Waals surface area contributed by atoms with Gasteiger partial charge >= 0.3 is 0 Å². The van der Waals surface area contributed by atoms with Gasteiger partial charge in [0.1, 0.15) is 22.3 Å². The maximum Gasteiger partial charge on any atom is 0.160 e. The topological polar surface area (TPSA) is 51.0 Å². The van der Waals surface area contributed by atoms with E-state index in [4.69, 9.17) is 18.8 Å². The van der Waals surface area contributed by atoms with Crippen molar-refractivity contribution in [1.29, 1.82) is 0 Å². The molecule has 0 fully saturated rings. The molecule has 4 nitrogen and oxygen atoms in total. The average Bonchev–Trinajstić information content (AvgIpc) is 3.85. The number of para-hydroxylation sites is 4. The Morgan fingerprint density at radius 2 is 0.877 bits per heavy atom. The largest absolute Gasteiger partial charge is 0.455 e. The first-order valence-corrected chi connectivity index (χ1v) is 19.1. The molecular weight excluding hydrogens is 697 g/mol. The highest BCUT2D eigenvalue weighted by molar-refractivity contribution is 6.14. The third-order valence-electron chi connectivity index (χ3n) is 10.6. The summed E-state index contributed by atoms with van der Waals surface area (Å²) in [6.07, 6.45) is 0. The summed E-state index contributed by atoms with van der Waals surface area (Å²) in [5, 5.41) is 4.30. The fourth-order valence-corrected chi connectivity index (χ4v) is 7.77. The number of amidine groups is 1. The van der Waals surface area contributed by atoms with Gasteiger partial charge in [0.25, 0.3) is 0 Å². The minimum atomic E-state index is 0.574. The summed E-state index contributed by atoms with van der Waals surface area (Å²) in [5.74, 6) is 0.574.